The van der Waals surface area contributed by atoms with Gasteiger partial charge in [0.05, 0.1) is 0 Å². The van der Waals surface area contributed by atoms with Gasteiger partial charge in [-0.15, -0.1) is 0 Å². The van der Waals surface area contributed by atoms with Crippen LogP contribution in [-0.2, 0) is 4.79 Å². The van der Waals surface area contributed by atoms with E-state index in [1.165, 1.54) is 6.42 Å². The molecule has 2 aliphatic rings. The fraction of sp³-hybridized carbons (Fsp3) is 0.562. The van der Waals surface area contributed by atoms with Crippen molar-refractivity contribution >= 4 is 17.5 Å². The smallest absolute Gasteiger partial charge is 0.226 e. The lowest BCUT2D eigenvalue weighted by Gasteiger charge is -2.33. The molecule has 3 unspecified atom stereocenters. The molecular formula is C16H20ClNO. The SMILES string of the molecule is CC1CCCCN1C(=O)C1CC1c1ccccc1Cl. The third-order valence-corrected chi connectivity index (χ3v) is 4.84. The van der Waals surface area contributed by atoms with Gasteiger partial charge >= 0.3 is 0 Å². The Labute approximate surface area is 119 Å². The molecule has 0 spiro atoms. The molecule has 1 aliphatic heterocycles. The van der Waals surface area contributed by atoms with Gasteiger partial charge < -0.3 is 4.90 Å². The van der Waals surface area contributed by atoms with E-state index in [1.54, 1.807) is 0 Å². The zero-order valence-corrected chi connectivity index (χ0v) is 12.1. The Morgan fingerprint density at radius 3 is 2.84 bits per heavy atom. The minimum absolute atomic E-state index is 0.167. The lowest BCUT2D eigenvalue weighted by molar-refractivity contribution is -0.135. The number of amides is 1. The van der Waals surface area contributed by atoms with Crippen LogP contribution in [0, 0.1) is 5.92 Å². The highest BCUT2D eigenvalue weighted by atomic mass is 35.5. The normalized spacial score (nSPS) is 30.2. The van der Waals surface area contributed by atoms with E-state index < -0.39 is 0 Å². The fourth-order valence-electron chi connectivity index (χ4n) is 3.23. The predicted octanol–water partition coefficient (Wildman–Crippen LogP) is 3.84. The van der Waals surface area contributed by atoms with E-state index in [2.05, 4.69) is 17.9 Å². The molecule has 1 aliphatic carbocycles. The molecule has 0 bridgehead atoms. The van der Waals surface area contributed by atoms with Gasteiger partial charge in [-0.05, 0) is 50.2 Å². The summed E-state index contributed by atoms with van der Waals surface area (Å²) in [6.45, 7) is 3.11. The van der Waals surface area contributed by atoms with Crippen LogP contribution in [0.25, 0.3) is 0 Å². The van der Waals surface area contributed by atoms with Crippen molar-refractivity contribution in [2.75, 3.05) is 6.54 Å². The van der Waals surface area contributed by atoms with E-state index in [-0.39, 0.29) is 5.92 Å². The number of hydrogen-bond acceptors (Lipinski definition) is 1. The van der Waals surface area contributed by atoms with Gasteiger partial charge in [-0.3, -0.25) is 4.79 Å². The molecule has 2 nitrogen and oxygen atoms in total. The van der Waals surface area contributed by atoms with Gasteiger partial charge in [-0.25, -0.2) is 0 Å². The average Bonchev–Trinajstić information content (AvgIpc) is 3.19. The van der Waals surface area contributed by atoms with Crippen LogP contribution in [0.4, 0.5) is 0 Å². The minimum atomic E-state index is 0.167. The molecule has 0 N–H and O–H groups in total. The molecule has 102 valence electrons. The summed E-state index contributed by atoms with van der Waals surface area (Å²) in [6.07, 6.45) is 4.52. The van der Waals surface area contributed by atoms with Crippen LogP contribution >= 0.6 is 11.6 Å². The second-order valence-electron chi connectivity index (χ2n) is 5.85. The number of nitrogens with zero attached hydrogens (tertiary/aromatic N) is 1. The number of likely N-dealkylation sites (tertiary alicyclic amines) is 1. The van der Waals surface area contributed by atoms with Crippen LogP contribution in [0.1, 0.15) is 44.1 Å². The monoisotopic (exact) mass is 277 g/mol. The van der Waals surface area contributed by atoms with Gasteiger partial charge in [-0.1, -0.05) is 29.8 Å². The first-order valence-electron chi connectivity index (χ1n) is 7.23. The Hall–Kier alpha value is -1.02. The third-order valence-electron chi connectivity index (χ3n) is 4.50. The molecule has 1 saturated carbocycles. The van der Waals surface area contributed by atoms with Crippen molar-refractivity contribution in [1.29, 1.82) is 0 Å². The number of hydrogen-bond donors (Lipinski definition) is 0. The molecule has 1 aromatic carbocycles. The first kappa shape index (κ1) is 13.0. The van der Waals surface area contributed by atoms with Gasteiger partial charge in [0.1, 0.15) is 0 Å². The summed E-state index contributed by atoms with van der Waals surface area (Å²) in [5.74, 6) is 0.855. The molecule has 19 heavy (non-hydrogen) atoms. The zero-order valence-electron chi connectivity index (χ0n) is 11.3. The molecule has 1 heterocycles. The van der Waals surface area contributed by atoms with Crippen molar-refractivity contribution in [3.63, 3.8) is 0 Å². The summed E-state index contributed by atoms with van der Waals surface area (Å²) in [6, 6.07) is 8.33. The molecule has 1 amide bonds. The molecule has 3 heteroatoms. The summed E-state index contributed by atoms with van der Waals surface area (Å²) >= 11 is 6.22. The lowest BCUT2D eigenvalue weighted by Crippen LogP contribution is -2.43. The van der Waals surface area contributed by atoms with Crippen LogP contribution < -0.4 is 0 Å². The largest absolute Gasteiger partial charge is 0.340 e. The highest BCUT2D eigenvalue weighted by molar-refractivity contribution is 6.31. The first-order chi connectivity index (χ1) is 9.18. The van der Waals surface area contributed by atoms with Crippen molar-refractivity contribution in [2.45, 2.75) is 44.6 Å². The Morgan fingerprint density at radius 1 is 1.32 bits per heavy atom. The minimum Gasteiger partial charge on any atom is -0.340 e. The molecule has 3 rings (SSSR count). The lowest BCUT2D eigenvalue weighted by atomic mass is 10.0. The van der Waals surface area contributed by atoms with E-state index in [0.29, 0.717) is 17.9 Å². The van der Waals surface area contributed by atoms with Crippen molar-refractivity contribution in [3.05, 3.63) is 34.9 Å². The summed E-state index contributed by atoms with van der Waals surface area (Å²) in [7, 11) is 0. The molecule has 0 radical (unpaired) electrons. The molecule has 3 atom stereocenters. The second-order valence-corrected chi connectivity index (χ2v) is 6.25. The maximum atomic E-state index is 12.5. The molecule has 1 aromatic rings. The zero-order chi connectivity index (χ0) is 13.4. The number of piperidine rings is 1. The van der Waals surface area contributed by atoms with E-state index in [1.807, 2.05) is 18.2 Å². The number of rotatable bonds is 2. The van der Waals surface area contributed by atoms with Crippen LogP contribution in [-0.4, -0.2) is 23.4 Å². The van der Waals surface area contributed by atoms with Crippen LogP contribution in [0.2, 0.25) is 5.02 Å². The number of benzene rings is 1. The van der Waals surface area contributed by atoms with Crippen molar-refractivity contribution in [2.24, 2.45) is 5.92 Å². The molecule has 2 fully saturated rings. The Kier molecular flexibility index (Phi) is 3.53. The van der Waals surface area contributed by atoms with Crippen molar-refractivity contribution < 1.29 is 4.79 Å². The van der Waals surface area contributed by atoms with Gasteiger partial charge in [0.25, 0.3) is 0 Å². The van der Waals surface area contributed by atoms with Crippen LogP contribution in [0.5, 0.6) is 0 Å². The highest BCUT2D eigenvalue weighted by Gasteiger charge is 2.47. The van der Waals surface area contributed by atoms with Gasteiger partial charge in [0.2, 0.25) is 5.91 Å². The average molecular weight is 278 g/mol. The standard InChI is InChI=1S/C16H20ClNO/c1-11-6-4-5-9-18(11)16(19)14-10-13(14)12-7-2-3-8-15(12)17/h2-3,7-8,11,13-14H,4-6,9-10H2,1H3. The summed E-state index contributed by atoms with van der Waals surface area (Å²) in [4.78, 5) is 14.6. The second kappa shape index (κ2) is 5.16. The van der Waals surface area contributed by atoms with Gasteiger partial charge in [0.15, 0.2) is 0 Å². The van der Waals surface area contributed by atoms with Gasteiger partial charge in [0, 0.05) is 23.5 Å². The van der Waals surface area contributed by atoms with E-state index >= 15 is 0 Å². The number of carbonyl (C=O) groups is 1. The highest BCUT2D eigenvalue weighted by Crippen LogP contribution is 2.50. The molecule has 1 saturated heterocycles. The third kappa shape index (κ3) is 2.51. The topological polar surface area (TPSA) is 20.3 Å². The first-order valence-corrected chi connectivity index (χ1v) is 7.61. The maximum absolute atomic E-state index is 12.5. The van der Waals surface area contributed by atoms with Crippen LogP contribution in [0.15, 0.2) is 24.3 Å². The van der Waals surface area contributed by atoms with Crippen LogP contribution in [0.3, 0.4) is 0 Å². The predicted molar refractivity (Wildman–Crippen MR) is 77.3 cm³/mol. The number of carbonyl (C=O) groups excluding carboxylic acids is 1. The van der Waals surface area contributed by atoms with Gasteiger partial charge in [-0.2, -0.15) is 0 Å². The fourth-order valence-corrected chi connectivity index (χ4v) is 3.50. The summed E-state index contributed by atoms with van der Waals surface area (Å²) < 4.78 is 0. The molecule has 0 aromatic heterocycles. The Morgan fingerprint density at radius 2 is 2.11 bits per heavy atom. The maximum Gasteiger partial charge on any atom is 0.226 e. The van der Waals surface area contributed by atoms with Crippen molar-refractivity contribution in [3.8, 4) is 0 Å². The molecular weight excluding hydrogens is 258 g/mol. The van der Waals surface area contributed by atoms with E-state index in [0.717, 1.165) is 36.4 Å². The van der Waals surface area contributed by atoms with E-state index in [9.17, 15) is 4.79 Å². The Balaban J connectivity index is 1.69. The Bertz CT molecular complexity index is 487. The summed E-state index contributed by atoms with van der Waals surface area (Å²) in [5, 5.41) is 0.800. The van der Waals surface area contributed by atoms with E-state index in [4.69, 9.17) is 11.6 Å². The van der Waals surface area contributed by atoms with Crippen molar-refractivity contribution in [1.82, 2.24) is 4.90 Å². The number of halogens is 1. The summed E-state index contributed by atoms with van der Waals surface area (Å²) in [5.41, 5.74) is 1.15. The quantitative estimate of drug-likeness (QED) is 0.804.